The highest BCUT2D eigenvalue weighted by Crippen LogP contribution is 2.23. The molecule has 0 saturated carbocycles. The second-order valence-corrected chi connectivity index (χ2v) is 5.59. The maximum Gasteiger partial charge on any atom is 0.321 e. The monoisotopic (exact) mass is 322 g/mol. The van der Waals surface area contributed by atoms with E-state index >= 15 is 0 Å². The standard InChI is InChI=1S/C19H22N4O/c1-4-15-10-8-9-14(2)18(15)20-13-17-21-22-19(24-3)23(17)16-11-6-5-7-12-16/h5-12,20H,4,13H2,1-3H3. The van der Waals surface area contributed by atoms with Crippen molar-refractivity contribution in [3.63, 3.8) is 0 Å². The summed E-state index contributed by atoms with van der Waals surface area (Å²) in [5.74, 6) is 0.809. The van der Waals surface area contributed by atoms with Crippen LogP contribution in [0.1, 0.15) is 23.9 Å². The van der Waals surface area contributed by atoms with Crippen molar-refractivity contribution in [1.82, 2.24) is 14.8 Å². The maximum absolute atomic E-state index is 5.36. The normalized spacial score (nSPS) is 10.6. The van der Waals surface area contributed by atoms with Crippen molar-refractivity contribution >= 4 is 5.69 Å². The number of nitrogens with zero attached hydrogens (tertiary/aromatic N) is 3. The molecule has 1 heterocycles. The van der Waals surface area contributed by atoms with Gasteiger partial charge in [-0.1, -0.05) is 48.4 Å². The molecule has 0 aliphatic heterocycles. The quantitative estimate of drug-likeness (QED) is 0.751. The van der Waals surface area contributed by atoms with Crippen LogP contribution in [0, 0.1) is 6.92 Å². The number of anilines is 1. The van der Waals surface area contributed by atoms with Crippen molar-refractivity contribution in [2.24, 2.45) is 0 Å². The van der Waals surface area contributed by atoms with Gasteiger partial charge in [-0.2, -0.15) is 0 Å². The second kappa shape index (κ2) is 7.17. The number of ether oxygens (including phenoxy) is 1. The Bertz CT molecular complexity index is 811. The van der Waals surface area contributed by atoms with Crippen LogP contribution in [-0.2, 0) is 13.0 Å². The number of hydrogen-bond acceptors (Lipinski definition) is 4. The number of para-hydroxylation sites is 2. The summed E-state index contributed by atoms with van der Waals surface area (Å²) in [5, 5.41) is 11.9. The van der Waals surface area contributed by atoms with Gasteiger partial charge in [0.2, 0.25) is 0 Å². The minimum atomic E-state index is 0.485. The average Bonchev–Trinajstić information content (AvgIpc) is 3.04. The van der Waals surface area contributed by atoms with Crippen molar-refractivity contribution in [2.75, 3.05) is 12.4 Å². The molecule has 0 unspecified atom stereocenters. The molecule has 0 bridgehead atoms. The number of hydrogen-bond donors (Lipinski definition) is 1. The fourth-order valence-electron chi connectivity index (χ4n) is 2.83. The van der Waals surface area contributed by atoms with E-state index in [0.717, 1.165) is 17.9 Å². The Morgan fingerprint density at radius 1 is 1.04 bits per heavy atom. The number of nitrogens with one attached hydrogen (secondary N) is 1. The van der Waals surface area contributed by atoms with E-state index < -0.39 is 0 Å². The number of aromatic nitrogens is 3. The van der Waals surface area contributed by atoms with E-state index in [0.29, 0.717) is 12.6 Å². The van der Waals surface area contributed by atoms with Crippen LogP contribution in [0.3, 0.4) is 0 Å². The summed E-state index contributed by atoms with van der Waals surface area (Å²) >= 11 is 0. The number of aryl methyl sites for hydroxylation is 2. The van der Waals surface area contributed by atoms with Crippen LogP contribution in [0.2, 0.25) is 0 Å². The Balaban J connectivity index is 1.91. The molecule has 0 atom stereocenters. The summed E-state index contributed by atoms with van der Waals surface area (Å²) < 4.78 is 7.29. The van der Waals surface area contributed by atoms with Crippen LogP contribution < -0.4 is 10.1 Å². The van der Waals surface area contributed by atoms with Gasteiger partial charge in [0.15, 0.2) is 5.82 Å². The number of methoxy groups -OCH3 is 1. The lowest BCUT2D eigenvalue weighted by Crippen LogP contribution is -2.10. The summed E-state index contributed by atoms with van der Waals surface area (Å²) in [6.07, 6.45) is 0.985. The van der Waals surface area contributed by atoms with E-state index in [1.807, 2.05) is 34.9 Å². The second-order valence-electron chi connectivity index (χ2n) is 5.59. The Labute approximate surface area is 142 Å². The molecule has 5 nitrogen and oxygen atoms in total. The summed E-state index contributed by atoms with van der Waals surface area (Å²) in [7, 11) is 1.61. The highest BCUT2D eigenvalue weighted by molar-refractivity contribution is 5.57. The zero-order valence-electron chi connectivity index (χ0n) is 14.3. The Morgan fingerprint density at radius 2 is 1.83 bits per heavy atom. The van der Waals surface area contributed by atoms with E-state index in [4.69, 9.17) is 4.74 Å². The largest absolute Gasteiger partial charge is 0.467 e. The van der Waals surface area contributed by atoms with Crippen LogP contribution in [0.15, 0.2) is 48.5 Å². The maximum atomic E-state index is 5.36. The number of benzene rings is 2. The fraction of sp³-hybridized carbons (Fsp3) is 0.263. The molecule has 3 rings (SSSR count). The first kappa shape index (κ1) is 16.1. The molecule has 1 N–H and O–H groups in total. The lowest BCUT2D eigenvalue weighted by Gasteiger charge is -2.14. The predicted octanol–water partition coefficient (Wildman–Crippen LogP) is 3.76. The van der Waals surface area contributed by atoms with Crippen LogP contribution in [-0.4, -0.2) is 21.9 Å². The molecule has 2 aromatic carbocycles. The third-order valence-electron chi connectivity index (χ3n) is 4.06. The molecule has 1 aromatic heterocycles. The lowest BCUT2D eigenvalue weighted by atomic mass is 10.1. The lowest BCUT2D eigenvalue weighted by molar-refractivity contribution is 0.371. The molecular formula is C19H22N4O. The average molecular weight is 322 g/mol. The molecule has 3 aromatic rings. The fourth-order valence-corrected chi connectivity index (χ4v) is 2.83. The van der Waals surface area contributed by atoms with Crippen molar-refractivity contribution in [2.45, 2.75) is 26.8 Å². The Morgan fingerprint density at radius 3 is 2.54 bits per heavy atom. The van der Waals surface area contributed by atoms with Gasteiger partial charge in [-0.05, 0) is 36.6 Å². The molecule has 0 aliphatic carbocycles. The molecule has 24 heavy (non-hydrogen) atoms. The van der Waals surface area contributed by atoms with Gasteiger partial charge >= 0.3 is 6.01 Å². The van der Waals surface area contributed by atoms with E-state index in [-0.39, 0.29) is 0 Å². The third kappa shape index (κ3) is 3.11. The van der Waals surface area contributed by atoms with Gasteiger partial charge in [0.05, 0.1) is 19.3 Å². The van der Waals surface area contributed by atoms with E-state index in [1.54, 1.807) is 7.11 Å². The Hall–Kier alpha value is -2.82. The first-order chi connectivity index (χ1) is 11.7. The number of rotatable bonds is 6. The van der Waals surface area contributed by atoms with Crippen molar-refractivity contribution in [3.8, 4) is 11.7 Å². The van der Waals surface area contributed by atoms with Gasteiger partial charge in [-0.3, -0.25) is 0 Å². The van der Waals surface area contributed by atoms with Gasteiger partial charge in [0.25, 0.3) is 0 Å². The summed E-state index contributed by atoms with van der Waals surface area (Å²) in [4.78, 5) is 0. The van der Waals surface area contributed by atoms with Gasteiger partial charge < -0.3 is 10.1 Å². The zero-order valence-corrected chi connectivity index (χ0v) is 14.3. The van der Waals surface area contributed by atoms with Crippen LogP contribution in [0.5, 0.6) is 6.01 Å². The molecule has 5 heteroatoms. The van der Waals surface area contributed by atoms with Crippen molar-refractivity contribution in [1.29, 1.82) is 0 Å². The van der Waals surface area contributed by atoms with Crippen molar-refractivity contribution < 1.29 is 4.74 Å². The highest BCUT2D eigenvalue weighted by Gasteiger charge is 2.14. The summed E-state index contributed by atoms with van der Waals surface area (Å²) in [5.41, 5.74) is 4.68. The molecule has 0 spiro atoms. The van der Waals surface area contributed by atoms with Crippen LogP contribution in [0.4, 0.5) is 5.69 Å². The first-order valence-electron chi connectivity index (χ1n) is 8.10. The zero-order chi connectivity index (χ0) is 16.9. The van der Waals surface area contributed by atoms with Crippen molar-refractivity contribution in [3.05, 3.63) is 65.5 Å². The van der Waals surface area contributed by atoms with E-state index in [2.05, 4.69) is 47.6 Å². The molecule has 0 saturated heterocycles. The topological polar surface area (TPSA) is 52.0 Å². The van der Waals surface area contributed by atoms with Gasteiger partial charge in [0.1, 0.15) is 0 Å². The van der Waals surface area contributed by atoms with Crippen LogP contribution in [0.25, 0.3) is 5.69 Å². The molecular weight excluding hydrogens is 300 g/mol. The smallest absolute Gasteiger partial charge is 0.321 e. The van der Waals surface area contributed by atoms with Crippen LogP contribution >= 0.6 is 0 Å². The molecule has 0 radical (unpaired) electrons. The third-order valence-corrected chi connectivity index (χ3v) is 4.06. The highest BCUT2D eigenvalue weighted by atomic mass is 16.5. The van der Waals surface area contributed by atoms with Gasteiger partial charge in [-0.25, -0.2) is 4.57 Å². The van der Waals surface area contributed by atoms with Gasteiger partial charge in [0, 0.05) is 5.69 Å². The molecule has 124 valence electrons. The SMILES string of the molecule is CCc1cccc(C)c1NCc1nnc(OC)n1-c1ccccc1. The first-order valence-corrected chi connectivity index (χ1v) is 8.10. The van der Waals surface area contributed by atoms with Gasteiger partial charge in [-0.15, -0.1) is 5.10 Å². The minimum Gasteiger partial charge on any atom is -0.467 e. The molecule has 0 amide bonds. The molecule has 0 aliphatic rings. The summed E-state index contributed by atoms with van der Waals surface area (Å²) in [6, 6.07) is 16.8. The van der Waals surface area contributed by atoms with E-state index in [9.17, 15) is 0 Å². The summed E-state index contributed by atoms with van der Waals surface area (Å²) in [6.45, 7) is 4.85. The van der Waals surface area contributed by atoms with E-state index in [1.165, 1.54) is 16.8 Å². The minimum absolute atomic E-state index is 0.485. The Kier molecular flexibility index (Phi) is 4.79. The predicted molar refractivity (Wildman–Crippen MR) is 95.8 cm³/mol. The molecule has 0 fully saturated rings.